The van der Waals surface area contributed by atoms with Gasteiger partial charge in [0.25, 0.3) is 0 Å². The van der Waals surface area contributed by atoms with Crippen LogP contribution in [0.25, 0.3) is 10.2 Å². The predicted octanol–water partition coefficient (Wildman–Crippen LogP) is 4.47. The minimum atomic E-state index is -1.06. The van der Waals surface area contributed by atoms with E-state index in [0.29, 0.717) is 29.9 Å². The van der Waals surface area contributed by atoms with E-state index in [-0.39, 0.29) is 5.69 Å². The summed E-state index contributed by atoms with van der Waals surface area (Å²) in [6.45, 7) is 3.07. The zero-order valence-electron chi connectivity index (χ0n) is 16.9. The fraction of sp³-hybridized carbons (Fsp3) is 0.250. The highest BCUT2D eigenvalue weighted by Gasteiger charge is 2.19. The van der Waals surface area contributed by atoms with Gasteiger partial charge in [0, 0.05) is 25.6 Å². The number of ether oxygens (including phenoxy) is 1. The molecule has 4 aromatic rings. The number of rotatable bonds is 9. The number of aryl methyl sites for hydroxylation is 1. The largest absolute Gasteiger partial charge is 0.476 e. The molecular formula is C20H20N6O3S2. The van der Waals surface area contributed by atoms with E-state index in [4.69, 9.17) is 4.74 Å². The maximum absolute atomic E-state index is 11.2. The van der Waals surface area contributed by atoms with Gasteiger partial charge in [-0.25, -0.2) is 14.8 Å². The van der Waals surface area contributed by atoms with Crippen LogP contribution in [0.3, 0.4) is 0 Å². The van der Waals surface area contributed by atoms with Crippen LogP contribution in [0.15, 0.2) is 35.7 Å². The Labute approximate surface area is 186 Å². The normalized spacial score (nSPS) is 11.0. The van der Waals surface area contributed by atoms with Crippen LogP contribution in [0.2, 0.25) is 0 Å². The highest BCUT2D eigenvalue weighted by atomic mass is 32.1. The second kappa shape index (κ2) is 9.33. The summed E-state index contributed by atoms with van der Waals surface area (Å²) in [6, 6.07) is 9.83. The van der Waals surface area contributed by atoms with Crippen LogP contribution < -0.4 is 10.2 Å². The minimum Gasteiger partial charge on any atom is -0.476 e. The molecule has 0 aliphatic heterocycles. The first-order valence-electron chi connectivity index (χ1n) is 9.47. The van der Waals surface area contributed by atoms with E-state index in [2.05, 4.69) is 25.5 Å². The summed E-state index contributed by atoms with van der Waals surface area (Å²) >= 11 is 2.80. The zero-order valence-corrected chi connectivity index (χ0v) is 18.5. The van der Waals surface area contributed by atoms with Gasteiger partial charge in [-0.05, 0) is 37.1 Å². The summed E-state index contributed by atoms with van der Waals surface area (Å²) in [6.07, 6.45) is 0.727. The van der Waals surface area contributed by atoms with Crippen LogP contribution in [0.4, 0.5) is 21.9 Å². The number of carbonyl (C=O) groups is 1. The lowest BCUT2D eigenvalue weighted by Gasteiger charge is -2.21. The fourth-order valence-electron chi connectivity index (χ4n) is 2.92. The molecule has 0 spiro atoms. The van der Waals surface area contributed by atoms with Gasteiger partial charge in [-0.3, -0.25) is 0 Å². The molecule has 9 nitrogen and oxygen atoms in total. The summed E-state index contributed by atoms with van der Waals surface area (Å²) in [5.74, 6) is 0.150. The Morgan fingerprint density at radius 3 is 2.81 bits per heavy atom. The number of nitrogens with zero attached hydrogens (tertiary/aromatic N) is 5. The average molecular weight is 457 g/mol. The molecule has 0 aliphatic rings. The molecule has 3 aromatic heterocycles. The summed E-state index contributed by atoms with van der Waals surface area (Å²) in [5, 5.41) is 24.0. The molecule has 0 amide bonds. The lowest BCUT2D eigenvalue weighted by molar-refractivity contribution is 0.0691. The molecule has 2 N–H and O–H groups in total. The quantitative estimate of drug-likeness (QED) is 0.352. The molecule has 0 fully saturated rings. The van der Waals surface area contributed by atoms with Crippen molar-refractivity contribution in [2.24, 2.45) is 0 Å². The van der Waals surface area contributed by atoms with E-state index >= 15 is 0 Å². The third-order valence-electron chi connectivity index (χ3n) is 4.44. The topological polar surface area (TPSA) is 113 Å². The molecule has 0 unspecified atom stereocenters. The van der Waals surface area contributed by atoms with Crippen LogP contribution in [0, 0.1) is 6.92 Å². The molecule has 31 heavy (non-hydrogen) atoms. The number of para-hydroxylation sites is 1. The highest BCUT2D eigenvalue weighted by Crippen LogP contribution is 2.31. The van der Waals surface area contributed by atoms with Gasteiger partial charge in [0.1, 0.15) is 0 Å². The number of benzene rings is 1. The van der Waals surface area contributed by atoms with Gasteiger partial charge in [-0.2, -0.15) is 0 Å². The number of fused-ring (bicyclic) bond motifs is 1. The van der Waals surface area contributed by atoms with E-state index in [1.165, 1.54) is 16.7 Å². The number of hydrogen-bond acceptors (Lipinski definition) is 10. The van der Waals surface area contributed by atoms with Crippen LogP contribution in [-0.4, -0.2) is 51.5 Å². The molecular weight excluding hydrogens is 436 g/mol. The Bertz CT molecular complexity index is 1180. The monoisotopic (exact) mass is 456 g/mol. The van der Waals surface area contributed by atoms with Crippen molar-refractivity contribution in [1.82, 2.24) is 20.2 Å². The third kappa shape index (κ3) is 4.79. The van der Waals surface area contributed by atoms with Crippen molar-refractivity contribution in [3.63, 3.8) is 0 Å². The van der Waals surface area contributed by atoms with E-state index in [1.54, 1.807) is 18.4 Å². The fourth-order valence-corrected chi connectivity index (χ4v) is 4.61. The lowest BCUT2D eigenvalue weighted by Crippen LogP contribution is -2.21. The first-order valence-corrected chi connectivity index (χ1v) is 11.2. The maximum Gasteiger partial charge on any atom is 0.355 e. The van der Waals surface area contributed by atoms with Crippen molar-refractivity contribution in [3.8, 4) is 0 Å². The molecule has 160 valence electrons. The van der Waals surface area contributed by atoms with Crippen LogP contribution in [0.1, 0.15) is 22.5 Å². The number of aromatic nitrogens is 4. The number of methoxy groups -OCH3 is 1. The second-order valence-corrected chi connectivity index (χ2v) is 8.53. The average Bonchev–Trinajstić information content (AvgIpc) is 3.40. The first kappa shape index (κ1) is 21.1. The minimum absolute atomic E-state index is 0.00976. The number of hydrogen-bond donors (Lipinski definition) is 2. The number of carboxylic acids is 1. The summed E-state index contributed by atoms with van der Waals surface area (Å²) in [5.41, 5.74) is 1.83. The third-order valence-corrected chi connectivity index (χ3v) is 6.26. The zero-order chi connectivity index (χ0) is 21.8. The number of carboxylic acid groups (broad SMARTS) is 1. The Morgan fingerprint density at radius 1 is 1.26 bits per heavy atom. The summed E-state index contributed by atoms with van der Waals surface area (Å²) < 4.78 is 6.24. The molecule has 0 atom stereocenters. The van der Waals surface area contributed by atoms with Gasteiger partial charge < -0.3 is 20.1 Å². The molecule has 0 saturated heterocycles. The molecule has 4 rings (SSSR count). The maximum atomic E-state index is 11.2. The number of nitrogens with one attached hydrogen (secondary N) is 1. The Morgan fingerprint density at radius 2 is 2.10 bits per heavy atom. The van der Waals surface area contributed by atoms with Gasteiger partial charge >= 0.3 is 5.97 Å². The van der Waals surface area contributed by atoms with Gasteiger partial charge in [0.15, 0.2) is 27.6 Å². The van der Waals surface area contributed by atoms with Crippen LogP contribution in [0.5, 0.6) is 0 Å². The van der Waals surface area contributed by atoms with E-state index in [1.807, 2.05) is 42.2 Å². The van der Waals surface area contributed by atoms with Crippen molar-refractivity contribution >= 4 is 60.8 Å². The number of thiazole rings is 2. The second-order valence-electron chi connectivity index (χ2n) is 6.66. The first-order chi connectivity index (χ1) is 15.0. The van der Waals surface area contributed by atoms with Crippen molar-refractivity contribution in [1.29, 1.82) is 0 Å². The highest BCUT2D eigenvalue weighted by molar-refractivity contribution is 7.22. The molecule has 0 radical (unpaired) electrons. The number of aromatic carboxylic acids is 1. The summed E-state index contributed by atoms with van der Waals surface area (Å²) in [4.78, 5) is 21.9. The Hall–Kier alpha value is -3.15. The molecule has 0 aliphatic carbocycles. The molecule has 1 aromatic carbocycles. The van der Waals surface area contributed by atoms with Gasteiger partial charge in [-0.15, -0.1) is 21.5 Å². The Kier molecular flexibility index (Phi) is 6.35. The van der Waals surface area contributed by atoms with Crippen LogP contribution >= 0.6 is 22.7 Å². The van der Waals surface area contributed by atoms with Crippen molar-refractivity contribution < 1.29 is 14.6 Å². The van der Waals surface area contributed by atoms with Crippen molar-refractivity contribution in [2.75, 3.05) is 30.5 Å². The van der Waals surface area contributed by atoms with Gasteiger partial charge in [0.2, 0.25) is 0 Å². The van der Waals surface area contributed by atoms with E-state index in [9.17, 15) is 9.90 Å². The van der Waals surface area contributed by atoms with Crippen molar-refractivity contribution in [2.45, 2.75) is 13.3 Å². The van der Waals surface area contributed by atoms with Crippen LogP contribution in [-0.2, 0) is 4.74 Å². The van der Waals surface area contributed by atoms with Gasteiger partial charge in [-0.1, -0.05) is 23.5 Å². The molecule has 0 saturated carbocycles. The SMILES string of the molecule is COCCCN(c1cc(C)c(Nc2nc3ccccc3s2)nn1)c1nc(C(=O)O)cs1. The molecule has 11 heteroatoms. The van der Waals surface area contributed by atoms with E-state index < -0.39 is 5.97 Å². The molecule has 3 heterocycles. The standard InChI is InChI=1S/C20H20N6O3S2/c1-12-10-16(26(8-5-9-29-2)20-22-14(11-30-20)18(27)28)24-25-17(12)23-19-21-13-6-3-4-7-15(13)31-19/h3-4,6-7,10-11H,5,8-9H2,1-2H3,(H,27,28)(H,21,23,25). The summed E-state index contributed by atoms with van der Waals surface area (Å²) in [7, 11) is 1.64. The van der Waals surface area contributed by atoms with Crippen molar-refractivity contribution in [3.05, 3.63) is 47.0 Å². The van der Waals surface area contributed by atoms with E-state index in [0.717, 1.165) is 27.3 Å². The molecule has 0 bridgehead atoms. The predicted molar refractivity (Wildman–Crippen MR) is 122 cm³/mol. The lowest BCUT2D eigenvalue weighted by atomic mass is 10.3. The number of anilines is 4. The Balaban J connectivity index is 1.59. The smallest absolute Gasteiger partial charge is 0.355 e. The van der Waals surface area contributed by atoms with Gasteiger partial charge in [0.05, 0.1) is 10.2 Å².